The van der Waals surface area contributed by atoms with Crippen LogP contribution in [0.25, 0.3) is 0 Å². The summed E-state index contributed by atoms with van der Waals surface area (Å²) < 4.78 is 0. The molecule has 1 aromatic carbocycles. The lowest BCUT2D eigenvalue weighted by Crippen LogP contribution is -2.46. The van der Waals surface area contributed by atoms with Crippen LogP contribution >= 0.6 is 0 Å². The Kier molecular flexibility index (Phi) is 6.22. The predicted octanol–water partition coefficient (Wildman–Crippen LogP) is 1.37. The molecular weight excluding hydrogens is 226 g/mol. The summed E-state index contributed by atoms with van der Waals surface area (Å²) in [6, 6.07) is 9.79. The normalized spacial score (nSPS) is 11.9. The zero-order valence-corrected chi connectivity index (χ0v) is 11.2. The summed E-state index contributed by atoms with van der Waals surface area (Å²) in [6.45, 7) is 5.93. The largest absolute Gasteiger partial charge is 0.360 e. The maximum absolute atomic E-state index is 11.9. The number of para-hydroxylation sites is 1. The lowest BCUT2D eigenvalue weighted by molar-refractivity contribution is -0.121. The molecule has 0 aliphatic carbocycles. The van der Waals surface area contributed by atoms with E-state index in [1.165, 1.54) is 0 Å². The molecule has 100 valence electrons. The van der Waals surface area contributed by atoms with Gasteiger partial charge in [-0.25, -0.2) is 0 Å². The first-order chi connectivity index (χ1) is 8.70. The van der Waals surface area contributed by atoms with Crippen LogP contribution in [0.1, 0.15) is 20.3 Å². The van der Waals surface area contributed by atoms with Crippen molar-refractivity contribution in [2.24, 2.45) is 5.73 Å². The lowest BCUT2D eigenvalue weighted by Gasteiger charge is -2.30. The number of likely N-dealkylation sites (N-methyl/N-ethyl adjacent to an activating group) is 1. The molecule has 0 aliphatic rings. The molecule has 0 spiro atoms. The average molecular weight is 249 g/mol. The third-order valence-electron chi connectivity index (χ3n) is 2.89. The number of anilines is 1. The Hall–Kier alpha value is -1.55. The second kappa shape index (κ2) is 7.71. The van der Waals surface area contributed by atoms with Crippen molar-refractivity contribution in [3.8, 4) is 0 Å². The fourth-order valence-electron chi connectivity index (χ4n) is 1.89. The van der Waals surface area contributed by atoms with E-state index in [1.54, 1.807) is 0 Å². The maximum atomic E-state index is 11.9. The van der Waals surface area contributed by atoms with Crippen molar-refractivity contribution in [3.63, 3.8) is 0 Å². The number of nitrogens with two attached hydrogens (primary N) is 1. The Bertz CT molecular complexity index is 353. The van der Waals surface area contributed by atoms with E-state index in [0.717, 1.165) is 18.7 Å². The van der Waals surface area contributed by atoms with Crippen molar-refractivity contribution in [2.75, 3.05) is 24.5 Å². The second-order valence-corrected chi connectivity index (χ2v) is 4.24. The van der Waals surface area contributed by atoms with Gasteiger partial charge in [0.05, 0.1) is 0 Å². The predicted molar refractivity (Wildman–Crippen MR) is 75.6 cm³/mol. The van der Waals surface area contributed by atoms with Gasteiger partial charge in [-0.1, -0.05) is 18.2 Å². The van der Waals surface area contributed by atoms with Gasteiger partial charge in [-0.05, 0) is 38.9 Å². The Labute approximate surface area is 109 Å². The fourth-order valence-corrected chi connectivity index (χ4v) is 1.89. The first-order valence-electron chi connectivity index (χ1n) is 6.50. The van der Waals surface area contributed by atoms with Gasteiger partial charge in [0.15, 0.2) is 0 Å². The monoisotopic (exact) mass is 249 g/mol. The second-order valence-electron chi connectivity index (χ2n) is 4.24. The molecule has 4 heteroatoms. The van der Waals surface area contributed by atoms with Gasteiger partial charge in [0.2, 0.25) is 5.91 Å². The Morgan fingerprint density at radius 2 is 2.06 bits per heavy atom. The van der Waals surface area contributed by atoms with Crippen LogP contribution in [0, 0.1) is 0 Å². The van der Waals surface area contributed by atoms with Crippen molar-refractivity contribution < 1.29 is 4.79 Å². The number of nitrogens with one attached hydrogen (secondary N) is 1. The summed E-state index contributed by atoms with van der Waals surface area (Å²) in [5.74, 6) is 0.0541. The van der Waals surface area contributed by atoms with Crippen LogP contribution in [0.5, 0.6) is 0 Å². The molecule has 1 aromatic rings. The number of hydrogen-bond donors (Lipinski definition) is 2. The summed E-state index contributed by atoms with van der Waals surface area (Å²) in [6.07, 6.45) is 0.874. The molecule has 3 N–H and O–H groups in total. The molecule has 0 saturated carbocycles. The highest BCUT2D eigenvalue weighted by Crippen LogP contribution is 2.16. The summed E-state index contributed by atoms with van der Waals surface area (Å²) in [7, 11) is 0. The maximum Gasteiger partial charge on any atom is 0.242 e. The quantitative estimate of drug-likeness (QED) is 0.767. The third-order valence-corrected chi connectivity index (χ3v) is 2.89. The molecule has 1 rings (SSSR count). The highest BCUT2D eigenvalue weighted by molar-refractivity contribution is 5.84. The van der Waals surface area contributed by atoms with Crippen molar-refractivity contribution in [2.45, 2.75) is 26.3 Å². The van der Waals surface area contributed by atoms with Crippen LogP contribution < -0.4 is 16.0 Å². The van der Waals surface area contributed by atoms with Gasteiger partial charge < -0.3 is 16.0 Å². The van der Waals surface area contributed by atoms with Crippen LogP contribution in [0.3, 0.4) is 0 Å². The van der Waals surface area contributed by atoms with Gasteiger partial charge in [-0.15, -0.1) is 0 Å². The van der Waals surface area contributed by atoms with Gasteiger partial charge in [0.25, 0.3) is 0 Å². The SMILES string of the molecule is CCNC(=O)C(C)N(CCCN)c1ccccc1. The molecule has 0 heterocycles. The van der Waals surface area contributed by atoms with Gasteiger partial charge in [-0.2, -0.15) is 0 Å². The zero-order valence-electron chi connectivity index (χ0n) is 11.2. The highest BCUT2D eigenvalue weighted by Gasteiger charge is 2.20. The van der Waals surface area contributed by atoms with Crippen molar-refractivity contribution in [1.29, 1.82) is 0 Å². The molecule has 0 saturated heterocycles. The average Bonchev–Trinajstić information content (AvgIpc) is 2.40. The number of rotatable bonds is 7. The van der Waals surface area contributed by atoms with Crippen LogP contribution in [0.15, 0.2) is 30.3 Å². The van der Waals surface area contributed by atoms with Gasteiger partial charge >= 0.3 is 0 Å². The standard InChI is InChI=1S/C14H23N3O/c1-3-16-14(18)12(2)17(11-7-10-15)13-8-5-4-6-9-13/h4-6,8-9,12H,3,7,10-11,15H2,1-2H3,(H,16,18). The molecule has 18 heavy (non-hydrogen) atoms. The van der Waals surface area contributed by atoms with E-state index < -0.39 is 0 Å². The van der Waals surface area contributed by atoms with Crippen LogP contribution in [-0.4, -0.2) is 31.6 Å². The first-order valence-corrected chi connectivity index (χ1v) is 6.50. The highest BCUT2D eigenvalue weighted by atomic mass is 16.2. The van der Waals surface area contributed by atoms with Gasteiger partial charge in [0, 0.05) is 18.8 Å². The van der Waals surface area contributed by atoms with Crippen molar-refractivity contribution in [3.05, 3.63) is 30.3 Å². The Morgan fingerprint density at radius 1 is 1.39 bits per heavy atom. The summed E-state index contributed by atoms with van der Waals surface area (Å²) in [4.78, 5) is 14.0. The van der Waals surface area contributed by atoms with E-state index in [-0.39, 0.29) is 11.9 Å². The fraction of sp³-hybridized carbons (Fsp3) is 0.500. The molecule has 0 aromatic heterocycles. The number of amides is 1. The lowest BCUT2D eigenvalue weighted by atomic mass is 10.2. The van der Waals surface area contributed by atoms with Crippen LogP contribution in [0.4, 0.5) is 5.69 Å². The Balaban J connectivity index is 2.81. The number of nitrogens with zero attached hydrogens (tertiary/aromatic N) is 1. The van der Waals surface area contributed by atoms with E-state index in [9.17, 15) is 4.79 Å². The van der Waals surface area contributed by atoms with E-state index in [2.05, 4.69) is 10.2 Å². The molecule has 1 atom stereocenters. The smallest absolute Gasteiger partial charge is 0.242 e. The Morgan fingerprint density at radius 3 is 2.61 bits per heavy atom. The van der Waals surface area contributed by atoms with E-state index in [4.69, 9.17) is 5.73 Å². The molecule has 1 amide bonds. The molecule has 4 nitrogen and oxygen atoms in total. The van der Waals surface area contributed by atoms with E-state index in [0.29, 0.717) is 13.1 Å². The minimum absolute atomic E-state index is 0.0541. The summed E-state index contributed by atoms with van der Waals surface area (Å²) >= 11 is 0. The molecule has 0 radical (unpaired) electrons. The first kappa shape index (κ1) is 14.5. The molecular formula is C14H23N3O. The number of hydrogen-bond acceptors (Lipinski definition) is 3. The van der Waals surface area contributed by atoms with E-state index >= 15 is 0 Å². The van der Waals surface area contributed by atoms with Crippen molar-refractivity contribution >= 4 is 11.6 Å². The molecule has 1 unspecified atom stereocenters. The van der Waals surface area contributed by atoms with Gasteiger partial charge in [0.1, 0.15) is 6.04 Å². The summed E-state index contributed by atoms with van der Waals surface area (Å²) in [5, 5.41) is 2.86. The minimum Gasteiger partial charge on any atom is -0.360 e. The van der Waals surface area contributed by atoms with Gasteiger partial charge in [-0.3, -0.25) is 4.79 Å². The number of carbonyl (C=O) groups excluding carboxylic acids is 1. The number of benzene rings is 1. The molecule has 0 aliphatic heterocycles. The van der Waals surface area contributed by atoms with Crippen molar-refractivity contribution in [1.82, 2.24) is 5.32 Å². The van der Waals surface area contributed by atoms with E-state index in [1.807, 2.05) is 44.2 Å². The molecule has 0 bridgehead atoms. The summed E-state index contributed by atoms with van der Waals surface area (Å²) in [5.41, 5.74) is 6.62. The third kappa shape index (κ3) is 4.04. The minimum atomic E-state index is -0.182. The molecule has 0 fully saturated rings. The number of carbonyl (C=O) groups is 1. The van der Waals surface area contributed by atoms with Crippen LogP contribution in [0.2, 0.25) is 0 Å². The van der Waals surface area contributed by atoms with Crippen LogP contribution in [-0.2, 0) is 4.79 Å². The topological polar surface area (TPSA) is 58.4 Å². The zero-order chi connectivity index (χ0) is 13.4.